The lowest BCUT2D eigenvalue weighted by molar-refractivity contribution is 0.0623. The topological polar surface area (TPSA) is 34.1 Å². The largest absolute Gasteiger partial charge is 0.294 e. The highest BCUT2D eigenvalue weighted by Crippen LogP contribution is 2.43. The van der Waals surface area contributed by atoms with E-state index in [1.54, 1.807) is 0 Å². The van der Waals surface area contributed by atoms with Gasteiger partial charge in [0.05, 0.1) is 0 Å². The Bertz CT molecular complexity index is 532. The maximum absolute atomic E-state index is 12.7. The summed E-state index contributed by atoms with van der Waals surface area (Å²) in [6.07, 6.45) is 6.59. The van der Waals surface area contributed by atoms with E-state index in [1.165, 1.54) is 19.3 Å². The molecule has 0 saturated heterocycles. The Balaban J connectivity index is 1.85. The van der Waals surface area contributed by atoms with Gasteiger partial charge in [0.1, 0.15) is 0 Å². The van der Waals surface area contributed by atoms with Crippen LogP contribution in [0.1, 0.15) is 66.2 Å². The number of fused-ring (bicyclic) bond motifs is 2. The number of carbonyl (C=O) groups is 2. The molecule has 0 radical (unpaired) electrons. The molecule has 0 amide bonds. The van der Waals surface area contributed by atoms with Crippen molar-refractivity contribution >= 4 is 11.6 Å². The highest BCUT2D eigenvalue weighted by Gasteiger charge is 2.44. The molecule has 0 heterocycles. The molecule has 2 aliphatic carbocycles. The van der Waals surface area contributed by atoms with Gasteiger partial charge in [0.25, 0.3) is 0 Å². The van der Waals surface area contributed by atoms with Crippen molar-refractivity contribution in [1.82, 2.24) is 0 Å². The fraction of sp³-hybridized carbons (Fsp3) is 0.556. The third-order valence-corrected chi connectivity index (χ3v) is 5.06. The van der Waals surface area contributed by atoms with Gasteiger partial charge >= 0.3 is 0 Å². The number of Topliss-reactive ketones (excluding diaryl/α,β-unsaturated/α-hetero) is 2. The first-order valence-corrected chi connectivity index (χ1v) is 7.89. The van der Waals surface area contributed by atoms with Crippen LogP contribution in [0.15, 0.2) is 24.3 Å². The van der Waals surface area contributed by atoms with Gasteiger partial charge in [-0.3, -0.25) is 9.59 Å². The summed E-state index contributed by atoms with van der Waals surface area (Å²) in [5.41, 5.74) is 1.32. The summed E-state index contributed by atoms with van der Waals surface area (Å²) in [6.45, 7) is 2.21. The lowest BCUT2D eigenvalue weighted by atomic mass is 9.64. The minimum Gasteiger partial charge on any atom is -0.294 e. The van der Waals surface area contributed by atoms with E-state index >= 15 is 0 Å². The van der Waals surface area contributed by atoms with E-state index in [4.69, 9.17) is 0 Å². The Kier molecular flexibility index (Phi) is 3.73. The summed E-state index contributed by atoms with van der Waals surface area (Å²) in [4.78, 5) is 25.2. The lowest BCUT2D eigenvalue weighted by Gasteiger charge is -2.37. The molecule has 0 bridgehead atoms. The Morgan fingerprint density at radius 3 is 2.30 bits per heavy atom. The molecule has 0 spiro atoms. The fourth-order valence-corrected chi connectivity index (χ4v) is 3.93. The third kappa shape index (κ3) is 2.21. The van der Waals surface area contributed by atoms with Crippen molar-refractivity contribution < 1.29 is 9.59 Å². The molecule has 1 aromatic rings. The van der Waals surface area contributed by atoms with Crippen LogP contribution in [0.25, 0.3) is 0 Å². The minimum atomic E-state index is -0.0481. The van der Waals surface area contributed by atoms with Crippen molar-refractivity contribution in [3.8, 4) is 0 Å². The zero-order valence-corrected chi connectivity index (χ0v) is 12.1. The summed E-state index contributed by atoms with van der Waals surface area (Å²) in [5, 5.41) is 0. The van der Waals surface area contributed by atoms with Crippen LogP contribution < -0.4 is 0 Å². The molecule has 1 saturated carbocycles. The first kappa shape index (κ1) is 13.5. The summed E-state index contributed by atoms with van der Waals surface area (Å²) in [5.74, 6) is 0.965. The second-order valence-corrected chi connectivity index (χ2v) is 6.31. The minimum absolute atomic E-state index is 0.0460. The summed E-state index contributed by atoms with van der Waals surface area (Å²) in [7, 11) is 0. The molecule has 3 atom stereocenters. The molecule has 106 valence electrons. The van der Waals surface area contributed by atoms with E-state index in [2.05, 4.69) is 6.92 Å². The maximum atomic E-state index is 12.7. The second kappa shape index (κ2) is 5.51. The van der Waals surface area contributed by atoms with Crippen LogP contribution in [0.2, 0.25) is 0 Å². The van der Waals surface area contributed by atoms with Gasteiger partial charge < -0.3 is 0 Å². The van der Waals surface area contributed by atoms with Gasteiger partial charge in [0.2, 0.25) is 0 Å². The summed E-state index contributed by atoms with van der Waals surface area (Å²) >= 11 is 0. The molecule has 0 aliphatic heterocycles. The molecule has 0 aromatic heterocycles. The number of benzene rings is 1. The maximum Gasteiger partial charge on any atom is 0.167 e. The van der Waals surface area contributed by atoms with Crippen molar-refractivity contribution in [3.05, 3.63) is 35.4 Å². The zero-order chi connectivity index (χ0) is 14.1. The molecule has 2 aliphatic rings. The molecular weight excluding hydrogens is 248 g/mol. The van der Waals surface area contributed by atoms with Gasteiger partial charge in [-0.1, -0.05) is 50.5 Å². The first-order chi connectivity index (χ1) is 9.72. The molecule has 2 heteroatoms. The summed E-state index contributed by atoms with van der Waals surface area (Å²) < 4.78 is 0. The molecule has 2 nitrogen and oxygen atoms in total. The first-order valence-electron chi connectivity index (χ1n) is 7.89. The van der Waals surface area contributed by atoms with Crippen molar-refractivity contribution in [2.75, 3.05) is 0 Å². The molecule has 20 heavy (non-hydrogen) atoms. The van der Waals surface area contributed by atoms with Crippen LogP contribution in [-0.2, 0) is 0 Å². The quantitative estimate of drug-likeness (QED) is 0.821. The van der Waals surface area contributed by atoms with Gasteiger partial charge in [-0.05, 0) is 25.2 Å². The van der Waals surface area contributed by atoms with Gasteiger partial charge in [0, 0.05) is 23.0 Å². The Morgan fingerprint density at radius 1 is 1.00 bits per heavy atom. The fourth-order valence-electron chi connectivity index (χ4n) is 3.93. The van der Waals surface area contributed by atoms with Crippen LogP contribution in [0.3, 0.4) is 0 Å². The molecule has 0 N–H and O–H groups in total. The standard InChI is InChI=1S/C18H22O2/c1-2-3-6-12-9-10-15-16(11-12)18(20)14-8-5-4-7-13(14)17(15)19/h4-5,7-8,12,15-16H,2-3,6,9-11H2,1H3. The van der Waals surface area contributed by atoms with Crippen molar-refractivity contribution in [2.24, 2.45) is 17.8 Å². The number of rotatable bonds is 3. The molecule has 1 fully saturated rings. The van der Waals surface area contributed by atoms with Crippen LogP contribution in [0.5, 0.6) is 0 Å². The average Bonchev–Trinajstić information content (AvgIpc) is 2.50. The predicted molar refractivity (Wildman–Crippen MR) is 78.9 cm³/mol. The van der Waals surface area contributed by atoms with Gasteiger partial charge in [-0.15, -0.1) is 0 Å². The molecule has 1 aromatic carbocycles. The van der Waals surface area contributed by atoms with Gasteiger partial charge in [-0.2, -0.15) is 0 Å². The SMILES string of the molecule is CCCCC1CCC2C(=O)c3ccccc3C(=O)C2C1. The number of ketones is 2. The molecular formula is C18H22O2. The van der Waals surface area contributed by atoms with Crippen LogP contribution in [0, 0.1) is 17.8 Å². The van der Waals surface area contributed by atoms with Crippen molar-refractivity contribution in [3.63, 3.8) is 0 Å². The van der Waals surface area contributed by atoms with E-state index < -0.39 is 0 Å². The van der Waals surface area contributed by atoms with Crippen molar-refractivity contribution in [1.29, 1.82) is 0 Å². The smallest absolute Gasteiger partial charge is 0.167 e. The average molecular weight is 270 g/mol. The van der Waals surface area contributed by atoms with Gasteiger partial charge in [0.15, 0.2) is 11.6 Å². The second-order valence-electron chi connectivity index (χ2n) is 6.31. The Labute approximate surface area is 120 Å². The van der Waals surface area contributed by atoms with E-state index in [-0.39, 0.29) is 23.4 Å². The number of hydrogen-bond acceptors (Lipinski definition) is 2. The molecule has 3 unspecified atom stereocenters. The number of hydrogen-bond donors (Lipinski definition) is 0. The van der Waals surface area contributed by atoms with Crippen LogP contribution >= 0.6 is 0 Å². The number of carbonyl (C=O) groups excluding carboxylic acids is 2. The normalized spacial score (nSPS) is 28.9. The third-order valence-electron chi connectivity index (χ3n) is 5.06. The Morgan fingerprint density at radius 2 is 1.65 bits per heavy atom. The van der Waals surface area contributed by atoms with Gasteiger partial charge in [-0.25, -0.2) is 0 Å². The van der Waals surface area contributed by atoms with E-state index in [1.807, 2.05) is 24.3 Å². The van der Waals surface area contributed by atoms with E-state index in [9.17, 15) is 9.59 Å². The van der Waals surface area contributed by atoms with E-state index in [0.717, 1.165) is 19.3 Å². The predicted octanol–water partition coefficient (Wildman–Crippen LogP) is 4.29. The highest BCUT2D eigenvalue weighted by molar-refractivity contribution is 6.16. The highest BCUT2D eigenvalue weighted by atomic mass is 16.1. The van der Waals surface area contributed by atoms with E-state index in [0.29, 0.717) is 17.0 Å². The molecule has 3 rings (SSSR count). The van der Waals surface area contributed by atoms with Crippen molar-refractivity contribution in [2.45, 2.75) is 45.4 Å². The lowest BCUT2D eigenvalue weighted by Crippen LogP contribution is -2.40. The zero-order valence-electron chi connectivity index (χ0n) is 12.1. The van der Waals surface area contributed by atoms with Crippen LogP contribution in [-0.4, -0.2) is 11.6 Å². The monoisotopic (exact) mass is 270 g/mol. The summed E-state index contributed by atoms with van der Waals surface area (Å²) in [6, 6.07) is 7.36. The number of unbranched alkanes of at least 4 members (excludes halogenated alkanes) is 1. The van der Waals surface area contributed by atoms with Crippen LogP contribution in [0.4, 0.5) is 0 Å². The Hall–Kier alpha value is -1.44.